The molecule has 1 aliphatic rings. The van der Waals surface area contributed by atoms with Gasteiger partial charge < -0.3 is 10.2 Å². The largest absolute Gasteiger partial charge is 0.350 e. The number of anilines is 1. The van der Waals surface area contributed by atoms with E-state index in [1.165, 1.54) is 12.5 Å². The summed E-state index contributed by atoms with van der Waals surface area (Å²) in [7, 11) is 0. The van der Waals surface area contributed by atoms with Gasteiger partial charge in [-0.05, 0) is 53.7 Å². The van der Waals surface area contributed by atoms with Crippen LogP contribution in [0.25, 0.3) is 0 Å². The van der Waals surface area contributed by atoms with Crippen LogP contribution in [-0.4, -0.2) is 30.7 Å². The average molecular weight is 344 g/mol. The Kier molecular flexibility index (Phi) is 5.78. The lowest BCUT2D eigenvalue weighted by Gasteiger charge is -2.37. The van der Waals surface area contributed by atoms with Crippen molar-refractivity contribution < 1.29 is 4.39 Å². The number of aromatic nitrogens is 1. The van der Waals surface area contributed by atoms with Crippen LogP contribution in [0.5, 0.6) is 0 Å². The number of pyridine rings is 1. The SMILES string of the molecule is CC(C)CNCC1CCCCN1c1ncc(Br)cc1F. The first kappa shape index (κ1) is 15.7. The Bertz CT molecular complexity index is 439. The van der Waals surface area contributed by atoms with Gasteiger partial charge in [0.2, 0.25) is 0 Å². The molecule has 0 aliphatic carbocycles. The molecule has 0 amide bonds. The fourth-order valence-corrected chi connectivity index (χ4v) is 2.95. The second-order valence-electron chi connectivity index (χ2n) is 5.85. The summed E-state index contributed by atoms with van der Waals surface area (Å²) in [5.41, 5.74) is 0. The molecule has 1 unspecified atom stereocenters. The van der Waals surface area contributed by atoms with Crippen LogP contribution in [0.2, 0.25) is 0 Å². The van der Waals surface area contributed by atoms with E-state index in [-0.39, 0.29) is 5.82 Å². The Balaban J connectivity index is 2.06. The number of hydrogen-bond donors (Lipinski definition) is 1. The maximum atomic E-state index is 14.1. The summed E-state index contributed by atoms with van der Waals surface area (Å²) in [6, 6.07) is 1.83. The van der Waals surface area contributed by atoms with E-state index in [9.17, 15) is 4.39 Å². The smallest absolute Gasteiger partial charge is 0.166 e. The van der Waals surface area contributed by atoms with Gasteiger partial charge in [0, 0.05) is 29.8 Å². The van der Waals surface area contributed by atoms with E-state index in [4.69, 9.17) is 0 Å². The first-order chi connectivity index (χ1) is 9.58. The minimum Gasteiger partial charge on any atom is -0.350 e. The Hall–Kier alpha value is -0.680. The van der Waals surface area contributed by atoms with Crippen molar-refractivity contribution in [2.75, 3.05) is 24.5 Å². The number of piperidine rings is 1. The highest BCUT2D eigenvalue weighted by Gasteiger charge is 2.25. The second-order valence-corrected chi connectivity index (χ2v) is 6.77. The van der Waals surface area contributed by atoms with Gasteiger partial charge in [-0.25, -0.2) is 9.37 Å². The first-order valence-corrected chi connectivity index (χ1v) is 8.15. The van der Waals surface area contributed by atoms with Crippen molar-refractivity contribution in [2.24, 2.45) is 5.92 Å². The lowest BCUT2D eigenvalue weighted by molar-refractivity contribution is 0.415. The van der Waals surface area contributed by atoms with E-state index in [2.05, 4.69) is 45.0 Å². The summed E-state index contributed by atoms with van der Waals surface area (Å²) < 4.78 is 14.8. The molecule has 2 heterocycles. The summed E-state index contributed by atoms with van der Waals surface area (Å²) in [6.45, 7) is 7.18. The van der Waals surface area contributed by atoms with E-state index >= 15 is 0 Å². The molecule has 1 aromatic rings. The van der Waals surface area contributed by atoms with Crippen LogP contribution in [0.4, 0.5) is 10.2 Å². The lowest BCUT2D eigenvalue weighted by atomic mass is 10.0. The third-order valence-electron chi connectivity index (χ3n) is 3.62. The van der Waals surface area contributed by atoms with Crippen molar-refractivity contribution in [3.63, 3.8) is 0 Å². The predicted molar refractivity (Wildman–Crippen MR) is 84.6 cm³/mol. The van der Waals surface area contributed by atoms with Gasteiger partial charge in [0.15, 0.2) is 11.6 Å². The van der Waals surface area contributed by atoms with Crippen LogP contribution < -0.4 is 10.2 Å². The third kappa shape index (κ3) is 4.16. The van der Waals surface area contributed by atoms with Crippen molar-refractivity contribution in [3.8, 4) is 0 Å². The van der Waals surface area contributed by atoms with Gasteiger partial charge in [0.05, 0.1) is 0 Å². The second kappa shape index (κ2) is 7.36. The Morgan fingerprint density at radius 1 is 1.50 bits per heavy atom. The quantitative estimate of drug-likeness (QED) is 0.885. The van der Waals surface area contributed by atoms with Crippen molar-refractivity contribution in [2.45, 2.75) is 39.2 Å². The molecule has 0 radical (unpaired) electrons. The number of rotatable bonds is 5. The Morgan fingerprint density at radius 2 is 2.30 bits per heavy atom. The molecule has 0 saturated carbocycles. The highest BCUT2D eigenvalue weighted by molar-refractivity contribution is 9.10. The van der Waals surface area contributed by atoms with Crippen LogP contribution in [0.1, 0.15) is 33.1 Å². The highest BCUT2D eigenvalue weighted by Crippen LogP contribution is 2.26. The summed E-state index contributed by atoms with van der Waals surface area (Å²) in [5, 5.41) is 3.48. The zero-order valence-electron chi connectivity index (χ0n) is 12.2. The highest BCUT2D eigenvalue weighted by atomic mass is 79.9. The van der Waals surface area contributed by atoms with Crippen LogP contribution in [0.15, 0.2) is 16.7 Å². The molecular formula is C15H23BrFN3. The van der Waals surface area contributed by atoms with E-state index in [0.717, 1.165) is 32.5 Å². The molecule has 1 saturated heterocycles. The van der Waals surface area contributed by atoms with Gasteiger partial charge in [0.1, 0.15) is 0 Å². The summed E-state index contributed by atoms with van der Waals surface area (Å²) >= 11 is 3.26. The number of halogens is 2. The molecule has 1 N–H and O–H groups in total. The molecule has 1 fully saturated rings. The maximum absolute atomic E-state index is 14.1. The first-order valence-electron chi connectivity index (χ1n) is 7.36. The molecule has 5 heteroatoms. The van der Waals surface area contributed by atoms with E-state index in [0.29, 0.717) is 22.3 Å². The van der Waals surface area contributed by atoms with Gasteiger partial charge >= 0.3 is 0 Å². The van der Waals surface area contributed by atoms with Crippen LogP contribution in [0, 0.1) is 11.7 Å². The molecule has 1 atom stereocenters. The number of hydrogen-bond acceptors (Lipinski definition) is 3. The molecular weight excluding hydrogens is 321 g/mol. The van der Waals surface area contributed by atoms with E-state index < -0.39 is 0 Å². The molecule has 3 nitrogen and oxygen atoms in total. The van der Waals surface area contributed by atoms with Crippen molar-refractivity contribution in [3.05, 3.63) is 22.6 Å². The molecule has 0 spiro atoms. The van der Waals surface area contributed by atoms with Gasteiger partial charge in [-0.3, -0.25) is 0 Å². The Labute approximate surface area is 129 Å². The lowest BCUT2D eigenvalue weighted by Crippen LogP contribution is -2.47. The van der Waals surface area contributed by atoms with Crippen LogP contribution in [0.3, 0.4) is 0 Å². The van der Waals surface area contributed by atoms with Crippen LogP contribution in [-0.2, 0) is 0 Å². The third-order valence-corrected chi connectivity index (χ3v) is 4.05. The zero-order chi connectivity index (χ0) is 14.5. The maximum Gasteiger partial charge on any atom is 0.166 e. The van der Waals surface area contributed by atoms with Crippen molar-refractivity contribution >= 4 is 21.7 Å². The number of nitrogens with one attached hydrogen (secondary N) is 1. The standard InChI is InChI=1S/C15H23BrFN3/c1-11(2)8-18-10-13-5-3-4-6-20(13)15-14(17)7-12(16)9-19-15/h7,9,11,13,18H,3-6,8,10H2,1-2H3. The molecule has 1 aromatic heterocycles. The van der Waals surface area contributed by atoms with Gasteiger partial charge in [-0.15, -0.1) is 0 Å². The normalized spacial score (nSPS) is 19.6. The van der Waals surface area contributed by atoms with Crippen LogP contribution >= 0.6 is 15.9 Å². The monoisotopic (exact) mass is 343 g/mol. The van der Waals surface area contributed by atoms with Gasteiger partial charge in [-0.1, -0.05) is 13.8 Å². The summed E-state index contributed by atoms with van der Waals surface area (Å²) in [6.07, 6.45) is 5.09. The Morgan fingerprint density at radius 3 is 3.00 bits per heavy atom. The van der Waals surface area contributed by atoms with Crippen molar-refractivity contribution in [1.29, 1.82) is 0 Å². The number of nitrogens with zero attached hydrogens (tertiary/aromatic N) is 2. The summed E-state index contributed by atoms with van der Waals surface area (Å²) in [4.78, 5) is 6.39. The van der Waals surface area contributed by atoms with Gasteiger partial charge in [-0.2, -0.15) is 0 Å². The van der Waals surface area contributed by atoms with E-state index in [1.54, 1.807) is 6.20 Å². The minimum atomic E-state index is -0.241. The average Bonchev–Trinajstić information content (AvgIpc) is 2.39. The molecule has 0 aromatic carbocycles. The predicted octanol–water partition coefficient (Wildman–Crippen LogP) is 3.59. The zero-order valence-corrected chi connectivity index (χ0v) is 13.8. The molecule has 112 valence electrons. The van der Waals surface area contributed by atoms with E-state index in [1.807, 2.05) is 0 Å². The molecule has 20 heavy (non-hydrogen) atoms. The topological polar surface area (TPSA) is 28.2 Å². The minimum absolute atomic E-state index is 0.241. The fraction of sp³-hybridized carbons (Fsp3) is 0.667. The molecule has 0 bridgehead atoms. The summed E-state index contributed by atoms with van der Waals surface area (Å²) in [5.74, 6) is 0.883. The molecule has 1 aliphatic heterocycles. The van der Waals surface area contributed by atoms with Crippen molar-refractivity contribution in [1.82, 2.24) is 10.3 Å². The molecule has 2 rings (SSSR count). The fourth-order valence-electron chi connectivity index (χ4n) is 2.65. The van der Waals surface area contributed by atoms with Gasteiger partial charge in [0.25, 0.3) is 0 Å².